The molecule has 7 heteroatoms. The number of ether oxygens (including phenoxy) is 1. The highest BCUT2D eigenvalue weighted by molar-refractivity contribution is 7.07. The summed E-state index contributed by atoms with van der Waals surface area (Å²) in [5.41, 5.74) is 2.14. The fourth-order valence-corrected chi connectivity index (χ4v) is 3.53. The summed E-state index contributed by atoms with van der Waals surface area (Å²) in [5.74, 6) is 0.623. The molecule has 6 nitrogen and oxygen atoms in total. The van der Waals surface area contributed by atoms with E-state index in [4.69, 9.17) is 4.74 Å². The first kappa shape index (κ1) is 15.4. The predicted octanol–water partition coefficient (Wildman–Crippen LogP) is 1.15. The van der Waals surface area contributed by atoms with Crippen LogP contribution in [0.5, 0.6) is 0 Å². The average Bonchev–Trinajstić information content (AvgIpc) is 3.25. The van der Waals surface area contributed by atoms with Crippen molar-refractivity contribution in [3.8, 4) is 0 Å². The number of piperidine rings is 1. The van der Waals surface area contributed by atoms with Crippen LogP contribution in [0.4, 0.5) is 0 Å². The number of amides is 2. The number of hydrogen-bond acceptors (Lipinski definition) is 5. The molecule has 2 aliphatic heterocycles. The van der Waals surface area contributed by atoms with Gasteiger partial charge in [-0.15, -0.1) is 11.3 Å². The molecule has 0 aliphatic carbocycles. The second kappa shape index (κ2) is 7.19. The van der Waals surface area contributed by atoms with Crippen LogP contribution in [0.1, 0.15) is 29.8 Å². The van der Waals surface area contributed by atoms with Crippen molar-refractivity contribution in [1.82, 2.24) is 15.2 Å². The van der Waals surface area contributed by atoms with Crippen LogP contribution in [0.2, 0.25) is 0 Å². The van der Waals surface area contributed by atoms with E-state index in [1.54, 1.807) is 10.9 Å². The minimum absolute atomic E-state index is 0.0564. The van der Waals surface area contributed by atoms with Gasteiger partial charge in [-0.3, -0.25) is 9.59 Å². The largest absolute Gasteiger partial charge is 0.381 e. The Balaban J connectivity index is 1.40. The highest BCUT2D eigenvalue weighted by Crippen LogP contribution is 2.21. The minimum atomic E-state index is -0.108. The fraction of sp³-hybridized carbons (Fsp3) is 0.667. The normalized spacial score (nSPS) is 22.7. The molecule has 2 saturated heterocycles. The first-order chi connectivity index (χ1) is 10.7. The van der Waals surface area contributed by atoms with E-state index in [0.717, 1.165) is 32.4 Å². The van der Waals surface area contributed by atoms with Gasteiger partial charge in [0.05, 0.1) is 18.0 Å². The lowest BCUT2D eigenvalue weighted by molar-refractivity contribution is -0.136. The maximum Gasteiger partial charge on any atom is 0.270 e. The van der Waals surface area contributed by atoms with E-state index in [2.05, 4.69) is 10.3 Å². The smallest absolute Gasteiger partial charge is 0.270 e. The zero-order valence-corrected chi connectivity index (χ0v) is 13.3. The molecule has 22 heavy (non-hydrogen) atoms. The zero-order valence-electron chi connectivity index (χ0n) is 12.5. The number of hydrogen-bond donors (Lipinski definition) is 1. The van der Waals surface area contributed by atoms with Gasteiger partial charge in [0, 0.05) is 31.6 Å². The molecule has 3 rings (SSSR count). The van der Waals surface area contributed by atoms with Gasteiger partial charge in [-0.1, -0.05) is 0 Å². The minimum Gasteiger partial charge on any atom is -0.381 e. The van der Waals surface area contributed by atoms with E-state index >= 15 is 0 Å². The van der Waals surface area contributed by atoms with Gasteiger partial charge >= 0.3 is 0 Å². The van der Waals surface area contributed by atoms with Crippen molar-refractivity contribution >= 4 is 23.2 Å². The van der Waals surface area contributed by atoms with Gasteiger partial charge in [-0.25, -0.2) is 4.98 Å². The van der Waals surface area contributed by atoms with Gasteiger partial charge in [-0.05, 0) is 25.2 Å². The maximum atomic E-state index is 12.3. The number of aromatic nitrogens is 1. The molecule has 1 aromatic heterocycles. The van der Waals surface area contributed by atoms with Crippen LogP contribution in [-0.2, 0) is 9.53 Å². The Kier molecular flexibility index (Phi) is 5.04. The molecule has 2 fully saturated rings. The summed E-state index contributed by atoms with van der Waals surface area (Å²) >= 11 is 1.42. The summed E-state index contributed by atoms with van der Waals surface area (Å²) in [6.45, 7) is 3.50. The summed E-state index contributed by atoms with van der Waals surface area (Å²) in [6.07, 6.45) is 2.73. The van der Waals surface area contributed by atoms with E-state index in [9.17, 15) is 9.59 Å². The molecule has 3 heterocycles. The SMILES string of the molecule is O=C(NCC1CCN(C(=O)C2CCOC2)CC1)c1cscn1. The lowest BCUT2D eigenvalue weighted by atomic mass is 9.95. The van der Waals surface area contributed by atoms with Crippen molar-refractivity contribution in [2.24, 2.45) is 11.8 Å². The number of carbonyl (C=O) groups is 2. The van der Waals surface area contributed by atoms with Gasteiger partial charge in [0.25, 0.3) is 5.91 Å². The summed E-state index contributed by atoms with van der Waals surface area (Å²) < 4.78 is 5.29. The second-order valence-electron chi connectivity index (χ2n) is 5.91. The van der Waals surface area contributed by atoms with Gasteiger partial charge in [-0.2, -0.15) is 0 Å². The Morgan fingerprint density at radius 1 is 1.36 bits per heavy atom. The second-order valence-corrected chi connectivity index (χ2v) is 6.63. The molecule has 120 valence electrons. The quantitative estimate of drug-likeness (QED) is 0.902. The van der Waals surface area contributed by atoms with E-state index in [1.807, 2.05) is 4.90 Å². The van der Waals surface area contributed by atoms with E-state index < -0.39 is 0 Å². The van der Waals surface area contributed by atoms with Gasteiger partial charge in [0.1, 0.15) is 5.69 Å². The topological polar surface area (TPSA) is 71.5 Å². The monoisotopic (exact) mass is 323 g/mol. The fourth-order valence-electron chi connectivity index (χ4n) is 3.00. The van der Waals surface area contributed by atoms with Crippen molar-refractivity contribution < 1.29 is 14.3 Å². The third-order valence-corrected chi connectivity index (χ3v) is 5.01. The van der Waals surface area contributed by atoms with Crippen LogP contribution in [0.15, 0.2) is 10.9 Å². The summed E-state index contributed by atoms with van der Waals surface area (Å²) in [4.78, 5) is 30.1. The molecule has 0 saturated carbocycles. The first-order valence-corrected chi connectivity index (χ1v) is 8.71. The molecule has 0 aromatic carbocycles. The number of nitrogens with zero attached hydrogens (tertiary/aromatic N) is 2. The molecular weight excluding hydrogens is 302 g/mol. The summed E-state index contributed by atoms with van der Waals surface area (Å²) in [6, 6.07) is 0. The molecule has 0 spiro atoms. The number of likely N-dealkylation sites (tertiary alicyclic amines) is 1. The Labute approximate surface area is 133 Å². The Bertz CT molecular complexity index is 506. The van der Waals surface area contributed by atoms with Gasteiger partial charge in [0.2, 0.25) is 5.91 Å². The third-order valence-electron chi connectivity index (χ3n) is 4.42. The zero-order chi connectivity index (χ0) is 15.4. The van der Waals surface area contributed by atoms with Crippen molar-refractivity contribution in [3.63, 3.8) is 0 Å². The maximum absolute atomic E-state index is 12.3. The summed E-state index contributed by atoms with van der Waals surface area (Å²) in [5, 5.41) is 4.69. The molecule has 1 N–H and O–H groups in total. The molecule has 2 aliphatic rings. The average molecular weight is 323 g/mol. The molecule has 1 unspecified atom stereocenters. The van der Waals surface area contributed by atoms with Crippen LogP contribution in [0.25, 0.3) is 0 Å². The Hall–Kier alpha value is -1.47. The molecular formula is C15H21N3O3S. The molecule has 1 aromatic rings. The van der Waals surface area contributed by atoms with E-state index in [0.29, 0.717) is 31.4 Å². The van der Waals surface area contributed by atoms with Crippen LogP contribution in [-0.4, -0.2) is 54.5 Å². The third kappa shape index (κ3) is 3.64. The van der Waals surface area contributed by atoms with Gasteiger partial charge in [0.15, 0.2) is 0 Å². The predicted molar refractivity (Wildman–Crippen MR) is 82.7 cm³/mol. The first-order valence-electron chi connectivity index (χ1n) is 7.77. The molecule has 1 atom stereocenters. The standard InChI is InChI=1S/C15H21N3O3S/c19-14(13-9-22-10-17-13)16-7-11-1-4-18(5-2-11)15(20)12-3-6-21-8-12/h9-12H,1-8H2,(H,16,19). The van der Waals surface area contributed by atoms with Crippen molar-refractivity contribution in [3.05, 3.63) is 16.6 Å². The van der Waals surface area contributed by atoms with Crippen LogP contribution in [0, 0.1) is 11.8 Å². The van der Waals surface area contributed by atoms with Gasteiger partial charge < -0.3 is 15.0 Å². The summed E-state index contributed by atoms with van der Waals surface area (Å²) in [7, 11) is 0. The van der Waals surface area contributed by atoms with E-state index in [1.165, 1.54) is 11.3 Å². The van der Waals surface area contributed by atoms with E-state index in [-0.39, 0.29) is 17.7 Å². The number of rotatable bonds is 4. The van der Waals surface area contributed by atoms with Crippen molar-refractivity contribution in [2.75, 3.05) is 32.8 Å². The molecule has 0 radical (unpaired) electrons. The Morgan fingerprint density at radius 3 is 2.82 bits per heavy atom. The number of carbonyl (C=O) groups excluding carboxylic acids is 2. The molecule has 2 amide bonds. The number of thiazole rings is 1. The highest BCUT2D eigenvalue weighted by atomic mass is 32.1. The van der Waals surface area contributed by atoms with Crippen molar-refractivity contribution in [2.45, 2.75) is 19.3 Å². The number of nitrogens with one attached hydrogen (secondary N) is 1. The lowest BCUT2D eigenvalue weighted by Crippen LogP contribution is -2.44. The lowest BCUT2D eigenvalue weighted by Gasteiger charge is -2.33. The Morgan fingerprint density at radius 2 is 2.18 bits per heavy atom. The van der Waals surface area contributed by atoms with Crippen LogP contribution >= 0.6 is 11.3 Å². The van der Waals surface area contributed by atoms with Crippen LogP contribution < -0.4 is 5.32 Å². The van der Waals surface area contributed by atoms with Crippen molar-refractivity contribution in [1.29, 1.82) is 0 Å². The highest BCUT2D eigenvalue weighted by Gasteiger charge is 2.30. The van der Waals surface area contributed by atoms with Crippen LogP contribution in [0.3, 0.4) is 0 Å². The molecule has 0 bridgehead atoms.